The van der Waals surface area contributed by atoms with Crippen molar-refractivity contribution in [2.75, 3.05) is 0 Å². The van der Waals surface area contributed by atoms with Crippen molar-refractivity contribution in [3.05, 3.63) is 65.7 Å². The molecule has 2 aromatic heterocycles. The van der Waals surface area contributed by atoms with Crippen molar-refractivity contribution in [3.63, 3.8) is 0 Å². The van der Waals surface area contributed by atoms with Gasteiger partial charge in [0.25, 0.3) is 0 Å². The van der Waals surface area contributed by atoms with Crippen LogP contribution in [0, 0.1) is 0 Å². The third kappa shape index (κ3) is 5.39. The summed E-state index contributed by atoms with van der Waals surface area (Å²) in [6.45, 7) is 4.96. The molecule has 0 spiro atoms. The molecule has 2 heterocycles. The van der Waals surface area contributed by atoms with Crippen molar-refractivity contribution < 1.29 is 4.79 Å². The van der Waals surface area contributed by atoms with Crippen LogP contribution in [0.2, 0.25) is 0 Å². The summed E-state index contributed by atoms with van der Waals surface area (Å²) in [6.07, 6.45) is 5.21. The van der Waals surface area contributed by atoms with Gasteiger partial charge in [-0.2, -0.15) is 0 Å². The van der Waals surface area contributed by atoms with Gasteiger partial charge in [0.05, 0.1) is 0 Å². The van der Waals surface area contributed by atoms with E-state index in [4.69, 9.17) is 0 Å². The number of carbonyl (C=O) groups excluding carboxylic acids is 1. The van der Waals surface area contributed by atoms with Gasteiger partial charge in [-0.05, 0) is 40.0 Å². The lowest BCUT2D eigenvalue weighted by Gasteiger charge is -2.09. The number of Topliss-reactive ketones (excluding diaryl/α,β-unsaturated/α-hetero) is 1. The maximum atomic E-state index is 12.4. The molecule has 0 bridgehead atoms. The van der Waals surface area contributed by atoms with E-state index in [1.165, 1.54) is 0 Å². The summed E-state index contributed by atoms with van der Waals surface area (Å²) in [5, 5.41) is 18.8. The number of hydrogen-bond acceptors (Lipinski definition) is 6. The predicted octanol–water partition coefficient (Wildman–Crippen LogP) is 4.89. The molecule has 4 rings (SSSR count). The summed E-state index contributed by atoms with van der Waals surface area (Å²) in [6, 6.07) is 16.4. The predicted molar refractivity (Wildman–Crippen MR) is 127 cm³/mol. The minimum absolute atomic E-state index is 0.0156. The molecule has 0 atom stereocenters. The first-order chi connectivity index (χ1) is 16.2. The second kappa shape index (κ2) is 10.8. The van der Waals surface area contributed by atoms with Crippen molar-refractivity contribution in [1.29, 1.82) is 0 Å². The molecule has 0 fully saturated rings. The number of aromatic amines is 1. The van der Waals surface area contributed by atoms with Crippen LogP contribution in [0.15, 0.2) is 48.5 Å². The molecular formula is C25H29N7O. The van der Waals surface area contributed by atoms with E-state index in [1.807, 2.05) is 29.8 Å². The smallest absolute Gasteiger partial charge is 0.217 e. The van der Waals surface area contributed by atoms with Crippen LogP contribution in [0.25, 0.3) is 22.5 Å². The Balaban J connectivity index is 1.56. The van der Waals surface area contributed by atoms with Gasteiger partial charge in [0.2, 0.25) is 11.6 Å². The molecule has 2 aromatic carbocycles. The van der Waals surface area contributed by atoms with Crippen LogP contribution >= 0.6 is 0 Å². The maximum absolute atomic E-state index is 12.4. The summed E-state index contributed by atoms with van der Waals surface area (Å²) in [5.74, 6) is 1.84. The summed E-state index contributed by atoms with van der Waals surface area (Å²) < 4.78 is 1.92. The van der Waals surface area contributed by atoms with E-state index in [1.54, 1.807) is 0 Å². The molecule has 8 heteroatoms. The molecule has 0 amide bonds. The van der Waals surface area contributed by atoms with Crippen LogP contribution in [-0.2, 0) is 13.0 Å². The van der Waals surface area contributed by atoms with Crippen molar-refractivity contribution >= 4 is 5.78 Å². The Kier molecular flexibility index (Phi) is 7.34. The minimum atomic E-state index is 0.0156. The quantitative estimate of drug-likeness (QED) is 0.262. The second-order valence-electron chi connectivity index (χ2n) is 8.12. The molecule has 0 aliphatic carbocycles. The van der Waals surface area contributed by atoms with E-state index in [9.17, 15) is 4.79 Å². The molecule has 1 N–H and O–H groups in total. The highest BCUT2D eigenvalue weighted by Gasteiger charge is 2.16. The summed E-state index contributed by atoms with van der Waals surface area (Å²) in [5.41, 5.74) is 4.20. The number of nitrogens with one attached hydrogen (secondary N) is 1. The zero-order valence-electron chi connectivity index (χ0n) is 19.2. The fourth-order valence-electron chi connectivity index (χ4n) is 3.85. The second-order valence-corrected chi connectivity index (χ2v) is 8.12. The lowest BCUT2D eigenvalue weighted by molar-refractivity contribution is 0.0971. The summed E-state index contributed by atoms with van der Waals surface area (Å²) in [4.78, 5) is 17.0. The van der Waals surface area contributed by atoms with Gasteiger partial charge in [0, 0.05) is 24.9 Å². The Hall–Kier alpha value is -3.68. The van der Waals surface area contributed by atoms with Gasteiger partial charge < -0.3 is 0 Å². The number of hydrogen-bond donors (Lipinski definition) is 1. The first kappa shape index (κ1) is 22.5. The molecule has 0 saturated heterocycles. The molecule has 170 valence electrons. The van der Waals surface area contributed by atoms with Crippen molar-refractivity contribution in [3.8, 4) is 22.5 Å². The van der Waals surface area contributed by atoms with Gasteiger partial charge in [-0.3, -0.25) is 4.79 Å². The lowest BCUT2D eigenvalue weighted by atomic mass is 9.98. The molecule has 0 radical (unpaired) electrons. The van der Waals surface area contributed by atoms with Crippen molar-refractivity contribution in [2.24, 2.45) is 0 Å². The number of benzene rings is 2. The first-order valence-corrected chi connectivity index (χ1v) is 11.6. The number of unbranched alkanes of at least 4 members (excludes halogenated alkanes) is 2. The Labute approximate surface area is 193 Å². The Morgan fingerprint density at radius 2 is 1.76 bits per heavy atom. The van der Waals surface area contributed by atoms with Gasteiger partial charge in [-0.15, -0.1) is 10.2 Å². The SMILES string of the molecule is CCCCCn1nc(C(=O)CCC)nc1Cc1ccc(-c2ccccc2-c2nnn[nH]2)cc1. The fourth-order valence-corrected chi connectivity index (χ4v) is 3.85. The molecule has 0 unspecified atom stereocenters. The summed E-state index contributed by atoms with van der Waals surface area (Å²) >= 11 is 0. The third-order valence-corrected chi connectivity index (χ3v) is 5.60. The largest absolute Gasteiger partial charge is 0.291 e. The van der Waals surface area contributed by atoms with E-state index < -0.39 is 0 Å². The lowest BCUT2D eigenvalue weighted by Crippen LogP contribution is -2.07. The van der Waals surface area contributed by atoms with Gasteiger partial charge in [0.15, 0.2) is 5.82 Å². The first-order valence-electron chi connectivity index (χ1n) is 11.6. The minimum Gasteiger partial charge on any atom is -0.291 e. The standard InChI is InChI=1S/C25H29N7O/c1-3-5-8-16-32-23(26-25(29-32)22(33)9-4-2)17-18-12-14-19(15-13-18)20-10-6-7-11-21(20)24-27-30-31-28-24/h6-7,10-15H,3-5,8-9,16-17H2,1-2H3,(H,27,28,30,31). The number of rotatable bonds is 11. The zero-order valence-corrected chi connectivity index (χ0v) is 19.2. The van der Waals surface area contributed by atoms with Crippen LogP contribution < -0.4 is 0 Å². The average Bonchev–Trinajstić information content (AvgIpc) is 3.51. The molecule has 0 aliphatic heterocycles. The number of nitrogens with zero attached hydrogens (tertiary/aromatic N) is 6. The Bertz CT molecular complexity index is 1180. The van der Waals surface area contributed by atoms with Gasteiger partial charge >= 0.3 is 0 Å². The third-order valence-electron chi connectivity index (χ3n) is 5.60. The highest BCUT2D eigenvalue weighted by molar-refractivity contribution is 5.92. The van der Waals surface area contributed by atoms with Gasteiger partial charge in [0.1, 0.15) is 5.82 Å². The average molecular weight is 444 g/mol. The van der Waals surface area contributed by atoms with E-state index in [-0.39, 0.29) is 5.78 Å². The van der Waals surface area contributed by atoms with Gasteiger partial charge in [-0.1, -0.05) is 75.2 Å². The Morgan fingerprint density at radius 3 is 2.45 bits per heavy atom. The normalized spacial score (nSPS) is 11.1. The van der Waals surface area contributed by atoms with Gasteiger partial charge in [-0.25, -0.2) is 14.8 Å². The molecule has 0 aliphatic rings. The number of carbonyl (C=O) groups is 1. The fraction of sp³-hybridized carbons (Fsp3) is 0.360. The monoisotopic (exact) mass is 443 g/mol. The molecule has 4 aromatic rings. The zero-order chi connectivity index (χ0) is 23.0. The molecular weight excluding hydrogens is 414 g/mol. The number of ketones is 1. The van der Waals surface area contributed by atoms with E-state index in [0.29, 0.717) is 24.5 Å². The molecule has 0 saturated carbocycles. The number of aromatic nitrogens is 7. The number of aryl methyl sites for hydroxylation is 1. The van der Waals surface area contributed by atoms with E-state index >= 15 is 0 Å². The van der Waals surface area contributed by atoms with Crippen molar-refractivity contribution in [2.45, 2.75) is 58.9 Å². The van der Waals surface area contributed by atoms with E-state index in [2.05, 4.69) is 68.0 Å². The highest BCUT2D eigenvalue weighted by Crippen LogP contribution is 2.30. The number of tetrazole rings is 1. The van der Waals surface area contributed by atoms with Crippen LogP contribution in [0.3, 0.4) is 0 Å². The number of H-pyrrole nitrogens is 1. The highest BCUT2D eigenvalue weighted by atomic mass is 16.1. The molecule has 33 heavy (non-hydrogen) atoms. The summed E-state index contributed by atoms with van der Waals surface area (Å²) in [7, 11) is 0. The molecule has 8 nitrogen and oxygen atoms in total. The van der Waals surface area contributed by atoms with Crippen LogP contribution in [-0.4, -0.2) is 41.2 Å². The van der Waals surface area contributed by atoms with Crippen LogP contribution in [0.5, 0.6) is 0 Å². The van der Waals surface area contributed by atoms with Crippen LogP contribution in [0.4, 0.5) is 0 Å². The maximum Gasteiger partial charge on any atom is 0.217 e. The topological polar surface area (TPSA) is 102 Å². The van der Waals surface area contributed by atoms with Crippen molar-refractivity contribution in [1.82, 2.24) is 35.4 Å². The Morgan fingerprint density at radius 1 is 0.970 bits per heavy atom. The van der Waals surface area contributed by atoms with E-state index in [0.717, 1.165) is 60.3 Å². The van der Waals surface area contributed by atoms with Crippen LogP contribution in [0.1, 0.15) is 68.0 Å².